The molecule has 0 aliphatic carbocycles. The van der Waals surface area contributed by atoms with E-state index in [0.29, 0.717) is 0 Å². The SMILES string of the molecule is COC(=O)CCC(=O)NC(CO)(CO)CO. The van der Waals surface area contributed by atoms with Crippen molar-refractivity contribution in [2.24, 2.45) is 0 Å². The summed E-state index contributed by atoms with van der Waals surface area (Å²) in [5.74, 6) is -1.08. The highest BCUT2D eigenvalue weighted by Crippen LogP contribution is 2.03. The Kier molecular flexibility index (Phi) is 6.63. The fourth-order valence-corrected chi connectivity index (χ4v) is 0.944. The summed E-state index contributed by atoms with van der Waals surface area (Å²) in [6.07, 6.45) is -0.227. The second-order valence-corrected chi connectivity index (χ2v) is 3.38. The molecular weight excluding hydrogens is 218 g/mol. The lowest BCUT2D eigenvalue weighted by Gasteiger charge is -2.28. The lowest BCUT2D eigenvalue weighted by atomic mass is 10.0. The molecule has 7 heteroatoms. The van der Waals surface area contributed by atoms with E-state index < -0.39 is 37.2 Å². The zero-order valence-corrected chi connectivity index (χ0v) is 9.10. The van der Waals surface area contributed by atoms with Crippen molar-refractivity contribution < 1.29 is 29.6 Å². The van der Waals surface area contributed by atoms with Crippen LogP contribution in [0.15, 0.2) is 0 Å². The van der Waals surface area contributed by atoms with Crippen LogP contribution in [0.2, 0.25) is 0 Å². The second kappa shape index (κ2) is 7.15. The van der Waals surface area contributed by atoms with Gasteiger partial charge in [0.1, 0.15) is 5.54 Å². The van der Waals surface area contributed by atoms with Crippen LogP contribution in [0.1, 0.15) is 12.8 Å². The summed E-state index contributed by atoms with van der Waals surface area (Å²) >= 11 is 0. The first-order valence-electron chi connectivity index (χ1n) is 4.74. The van der Waals surface area contributed by atoms with Crippen molar-refractivity contribution >= 4 is 11.9 Å². The molecule has 0 aromatic carbocycles. The van der Waals surface area contributed by atoms with Gasteiger partial charge >= 0.3 is 5.97 Å². The van der Waals surface area contributed by atoms with Gasteiger partial charge in [-0.2, -0.15) is 0 Å². The minimum atomic E-state index is -1.45. The van der Waals surface area contributed by atoms with E-state index in [-0.39, 0.29) is 12.8 Å². The first-order chi connectivity index (χ1) is 7.53. The van der Waals surface area contributed by atoms with Crippen molar-refractivity contribution in [2.45, 2.75) is 18.4 Å². The largest absolute Gasteiger partial charge is 0.469 e. The topological polar surface area (TPSA) is 116 Å². The van der Waals surface area contributed by atoms with Crippen LogP contribution in [0.5, 0.6) is 0 Å². The van der Waals surface area contributed by atoms with Crippen molar-refractivity contribution in [3.05, 3.63) is 0 Å². The maximum atomic E-state index is 11.3. The number of methoxy groups -OCH3 is 1. The molecule has 0 aliphatic heterocycles. The van der Waals surface area contributed by atoms with Crippen molar-refractivity contribution in [3.63, 3.8) is 0 Å². The Morgan fingerprint density at radius 2 is 1.62 bits per heavy atom. The van der Waals surface area contributed by atoms with Gasteiger partial charge in [-0.15, -0.1) is 0 Å². The quantitative estimate of drug-likeness (QED) is 0.371. The highest BCUT2D eigenvalue weighted by molar-refractivity contribution is 5.81. The molecule has 0 unspecified atom stereocenters. The minimum absolute atomic E-state index is 0.0965. The summed E-state index contributed by atoms with van der Waals surface area (Å²) in [5, 5.41) is 29.0. The number of hydrogen-bond acceptors (Lipinski definition) is 6. The molecule has 0 aromatic heterocycles. The molecule has 0 heterocycles. The van der Waals surface area contributed by atoms with Crippen LogP contribution in [-0.4, -0.2) is 59.7 Å². The Balaban J connectivity index is 4.15. The highest BCUT2D eigenvalue weighted by Gasteiger charge is 2.29. The van der Waals surface area contributed by atoms with E-state index in [1.54, 1.807) is 0 Å². The van der Waals surface area contributed by atoms with E-state index in [1.165, 1.54) is 7.11 Å². The molecule has 4 N–H and O–H groups in total. The van der Waals surface area contributed by atoms with E-state index in [4.69, 9.17) is 15.3 Å². The predicted octanol–water partition coefficient (Wildman–Crippen LogP) is -2.23. The molecule has 0 radical (unpaired) electrons. The maximum absolute atomic E-state index is 11.3. The Labute approximate surface area is 93.0 Å². The number of aliphatic hydroxyl groups excluding tert-OH is 3. The molecule has 0 bridgehead atoms. The van der Waals surface area contributed by atoms with Crippen LogP contribution < -0.4 is 5.32 Å². The van der Waals surface area contributed by atoms with E-state index >= 15 is 0 Å². The van der Waals surface area contributed by atoms with Crippen LogP contribution in [0.25, 0.3) is 0 Å². The lowest BCUT2D eigenvalue weighted by Crippen LogP contribution is -2.57. The average Bonchev–Trinajstić information content (AvgIpc) is 2.33. The van der Waals surface area contributed by atoms with Crippen molar-refractivity contribution in [3.8, 4) is 0 Å². The van der Waals surface area contributed by atoms with Gasteiger partial charge in [0.15, 0.2) is 0 Å². The number of hydrogen-bond donors (Lipinski definition) is 4. The van der Waals surface area contributed by atoms with Crippen LogP contribution >= 0.6 is 0 Å². The summed E-state index contributed by atoms with van der Waals surface area (Å²) in [4.78, 5) is 22.0. The molecule has 16 heavy (non-hydrogen) atoms. The van der Waals surface area contributed by atoms with Gasteiger partial charge in [0.05, 0.1) is 33.4 Å². The standard InChI is InChI=1S/C9H17NO6/c1-16-8(15)3-2-7(14)10-9(4-11,5-12)6-13/h11-13H,2-6H2,1H3,(H,10,14). The molecule has 94 valence electrons. The van der Waals surface area contributed by atoms with Crippen molar-refractivity contribution in [2.75, 3.05) is 26.9 Å². The summed E-state index contributed by atoms with van der Waals surface area (Å²) in [6.45, 7) is -1.78. The number of rotatable bonds is 7. The summed E-state index contributed by atoms with van der Waals surface area (Å²) in [7, 11) is 1.21. The fourth-order valence-electron chi connectivity index (χ4n) is 0.944. The van der Waals surface area contributed by atoms with E-state index in [9.17, 15) is 9.59 Å². The first kappa shape index (κ1) is 14.8. The number of esters is 1. The van der Waals surface area contributed by atoms with Crippen LogP contribution in [-0.2, 0) is 14.3 Å². The summed E-state index contributed by atoms with van der Waals surface area (Å²) in [5.41, 5.74) is -1.45. The van der Waals surface area contributed by atoms with Crippen LogP contribution in [0.4, 0.5) is 0 Å². The normalized spacial score (nSPS) is 11.0. The summed E-state index contributed by atoms with van der Waals surface area (Å²) in [6, 6.07) is 0. The maximum Gasteiger partial charge on any atom is 0.306 e. The zero-order valence-electron chi connectivity index (χ0n) is 9.10. The van der Waals surface area contributed by atoms with Gasteiger partial charge < -0.3 is 25.4 Å². The Morgan fingerprint density at radius 3 is 2.00 bits per heavy atom. The molecule has 0 fully saturated rings. The van der Waals surface area contributed by atoms with Gasteiger partial charge in [-0.25, -0.2) is 0 Å². The molecule has 7 nitrogen and oxygen atoms in total. The van der Waals surface area contributed by atoms with Gasteiger partial charge in [-0.05, 0) is 0 Å². The molecule has 1 amide bonds. The number of amides is 1. The van der Waals surface area contributed by atoms with E-state index in [0.717, 1.165) is 0 Å². The third-order valence-electron chi connectivity index (χ3n) is 2.10. The Morgan fingerprint density at radius 1 is 1.12 bits per heavy atom. The molecular formula is C9H17NO6. The number of aliphatic hydroxyl groups is 3. The highest BCUT2D eigenvalue weighted by atomic mass is 16.5. The lowest BCUT2D eigenvalue weighted by molar-refractivity contribution is -0.142. The first-order valence-corrected chi connectivity index (χ1v) is 4.74. The number of carbonyl (C=O) groups excluding carboxylic acids is 2. The molecule has 0 saturated carbocycles. The molecule has 0 aromatic rings. The van der Waals surface area contributed by atoms with Gasteiger partial charge in [-0.1, -0.05) is 0 Å². The molecule has 0 saturated heterocycles. The van der Waals surface area contributed by atoms with Gasteiger partial charge in [0, 0.05) is 6.42 Å². The van der Waals surface area contributed by atoms with Crippen LogP contribution in [0, 0.1) is 0 Å². The van der Waals surface area contributed by atoms with Crippen molar-refractivity contribution in [1.82, 2.24) is 5.32 Å². The Bertz CT molecular complexity index is 230. The van der Waals surface area contributed by atoms with Gasteiger partial charge in [-0.3, -0.25) is 9.59 Å². The number of nitrogens with one attached hydrogen (secondary N) is 1. The van der Waals surface area contributed by atoms with Gasteiger partial charge in [0.25, 0.3) is 0 Å². The molecule has 0 rings (SSSR count). The number of carbonyl (C=O) groups is 2. The molecule has 0 atom stereocenters. The fraction of sp³-hybridized carbons (Fsp3) is 0.778. The molecule has 0 aliphatic rings. The minimum Gasteiger partial charge on any atom is -0.469 e. The number of ether oxygens (including phenoxy) is 1. The van der Waals surface area contributed by atoms with Crippen LogP contribution in [0.3, 0.4) is 0 Å². The van der Waals surface area contributed by atoms with E-state index in [2.05, 4.69) is 10.1 Å². The predicted molar refractivity (Wildman–Crippen MR) is 53.4 cm³/mol. The third kappa shape index (κ3) is 4.56. The zero-order chi connectivity index (χ0) is 12.6. The second-order valence-electron chi connectivity index (χ2n) is 3.38. The average molecular weight is 235 g/mol. The van der Waals surface area contributed by atoms with Gasteiger partial charge in [0.2, 0.25) is 5.91 Å². The summed E-state index contributed by atoms with van der Waals surface area (Å²) < 4.78 is 4.34. The molecule has 0 spiro atoms. The van der Waals surface area contributed by atoms with Crippen molar-refractivity contribution in [1.29, 1.82) is 0 Å². The third-order valence-corrected chi connectivity index (χ3v) is 2.10. The smallest absolute Gasteiger partial charge is 0.306 e. The monoisotopic (exact) mass is 235 g/mol. The Hall–Kier alpha value is -1.18. The van der Waals surface area contributed by atoms with E-state index in [1.807, 2.05) is 0 Å².